The van der Waals surface area contributed by atoms with E-state index in [2.05, 4.69) is 5.32 Å². The number of primary amides is 1. The van der Waals surface area contributed by atoms with E-state index in [0.717, 1.165) is 18.2 Å². The van der Waals surface area contributed by atoms with Gasteiger partial charge in [-0.05, 0) is 37.0 Å². The largest absolute Gasteiger partial charge is 0.385 e. The standard InChI is InChI=1S/C12H15ClN2O/c13-11-6-9(4-5-10(11)12(14)16)15-7-8-2-1-3-8/h4-6,8,15H,1-3,7H2,(H2,14,16). The molecule has 0 spiro atoms. The molecule has 0 atom stereocenters. The molecule has 1 amide bonds. The highest BCUT2D eigenvalue weighted by atomic mass is 35.5. The molecule has 1 aliphatic rings. The highest BCUT2D eigenvalue weighted by molar-refractivity contribution is 6.34. The van der Waals surface area contributed by atoms with Gasteiger partial charge in [0.15, 0.2) is 0 Å². The minimum absolute atomic E-state index is 0.371. The summed E-state index contributed by atoms with van der Waals surface area (Å²) in [6, 6.07) is 5.25. The number of hydrogen-bond donors (Lipinski definition) is 2. The summed E-state index contributed by atoms with van der Waals surface area (Å²) in [6.07, 6.45) is 3.95. The van der Waals surface area contributed by atoms with Crippen molar-refractivity contribution in [3.8, 4) is 0 Å². The lowest BCUT2D eigenvalue weighted by molar-refractivity contribution is 0.100. The number of benzene rings is 1. The summed E-state index contributed by atoms with van der Waals surface area (Å²) in [5.74, 6) is 0.296. The van der Waals surface area contributed by atoms with Crippen LogP contribution in [0, 0.1) is 5.92 Å². The van der Waals surface area contributed by atoms with Crippen molar-refractivity contribution in [2.75, 3.05) is 11.9 Å². The summed E-state index contributed by atoms with van der Waals surface area (Å²) in [7, 11) is 0. The second kappa shape index (κ2) is 4.74. The van der Waals surface area contributed by atoms with Crippen LogP contribution in [-0.2, 0) is 0 Å². The van der Waals surface area contributed by atoms with Crippen molar-refractivity contribution in [1.29, 1.82) is 0 Å². The molecule has 2 rings (SSSR count). The maximum atomic E-state index is 11.0. The summed E-state index contributed by atoms with van der Waals surface area (Å²) in [5, 5.41) is 3.73. The highest BCUT2D eigenvalue weighted by Crippen LogP contribution is 2.27. The molecule has 0 unspecified atom stereocenters. The van der Waals surface area contributed by atoms with Crippen LogP contribution >= 0.6 is 11.6 Å². The van der Waals surface area contributed by atoms with Crippen LogP contribution in [0.4, 0.5) is 5.69 Å². The first-order chi connectivity index (χ1) is 7.66. The fourth-order valence-corrected chi connectivity index (χ4v) is 2.06. The third-order valence-corrected chi connectivity index (χ3v) is 3.37. The van der Waals surface area contributed by atoms with E-state index >= 15 is 0 Å². The third-order valence-electron chi connectivity index (χ3n) is 3.05. The number of rotatable bonds is 4. The van der Waals surface area contributed by atoms with Gasteiger partial charge in [-0.15, -0.1) is 0 Å². The van der Waals surface area contributed by atoms with Crippen molar-refractivity contribution in [3.63, 3.8) is 0 Å². The molecule has 1 aromatic carbocycles. The molecule has 0 heterocycles. The molecule has 3 nitrogen and oxygen atoms in total. The van der Waals surface area contributed by atoms with E-state index in [-0.39, 0.29) is 0 Å². The molecule has 3 N–H and O–H groups in total. The zero-order chi connectivity index (χ0) is 11.5. The van der Waals surface area contributed by atoms with Gasteiger partial charge in [0.2, 0.25) is 5.91 Å². The molecule has 1 saturated carbocycles. The second-order valence-corrected chi connectivity index (χ2v) is 4.64. The second-order valence-electron chi connectivity index (χ2n) is 4.24. The number of nitrogens with one attached hydrogen (secondary N) is 1. The van der Waals surface area contributed by atoms with Crippen molar-refractivity contribution < 1.29 is 4.79 Å². The van der Waals surface area contributed by atoms with Crippen LogP contribution in [0.1, 0.15) is 29.6 Å². The first-order valence-corrected chi connectivity index (χ1v) is 5.88. The topological polar surface area (TPSA) is 55.1 Å². The molecular weight excluding hydrogens is 224 g/mol. The molecule has 86 valence electrons. The Morgan fingerprint density at radius 2 is 2.25 bits per heavy atom. The van der Waals surface area contributed by atoms with Gasteiger partial charge in [-0.2, -0.15) is 0 Å². The number of carbonyl (C=O) groups excluding carboxylic acids is 1. The van der Waals surface area contributed by atoms with Crippen LogP contribution in [0.15, 0.2) is 18.2 Å². The predicted octanol–water partition coefficient (Wildman–Crippen LogP) is 2.65. The summed E-state index contributed by atoms with van der Waals surface area (Å²) in [5.41, 5.74) is 6.49. The van der Waals surface area contributed by atoms with Crippen molar-refractivity contribution in [3.05, 3.63) is 28.8 Å². The first kappa shape index (κ1) is 11.3. The Kier molecular flexibility index (Phi) is 3.34. The van der Waals surface area contributed by atoms with Crippen LogP contribution in [0.3, 0.4) is 0 Å². The maximum absolute atomic E-state index is 11.0. The molecule has 16 heavy (non-hydrogen) atoms. The maximum Gasteiger partial charge on any atom is 0.250 e. The molecular formula is C12H15ClN2O. The normalized spacial score (nSPS) is 15.6. The number of amides is 1. The van der Waals surface area contributed by atoms with E-state index < -0.39 is 5.91 Å². The lowest BCUT2D eigenvalue weighted by atomic mass is 9.85. The van der Waals surface area contributed by atoms with Gasteiger partial charge >= 0.3 is 0 Å². The van der Waals surface area contributed by atoms with Gasteiger partial charge in [0.1, 0.15) is 0 Å². The summed E-state index contributed by atoms with van der Waals surface area (Å²) in [6.45, 7) is 0.978. The van der Waals surface area contributed by atoms with Crippen LogP contribution in [-0.4, -0.2) is 12.5 Å². The summed E-state index contributed by atoms with van der Waals surface area (Å²) >= 11 is 5.95. The van der Waals surface area contributed by atoms with Crippen molar-refractivity contribution in [2.45, 2.75) is 19.3 Å². The number of anilines is 1. The van der Waals surface area contributed by atoms with E-state index in [1.165, 1.54) is 19.3 Å². The Morgan fingerprint density at radius 3 is 2.75 bits per heavy atom. The lowest BCUT2D eigenvalue weighted by Gasteiger charge is -2.25. The summed E-state index contributed by atoms with van der Waals surface area (Å²) in [4.78, 5) is 11.0. The fourth-order valence-electron chi connectivity index (χ4n) is 1.78. The Labute approximate surface area is 100.0 Å². The van der Waals surface area contributed by atoms with E-state index in [4.69, 9.17) is 17.3 Å². The minimum atomic E-state index is -0.490. The zero-order valence-corrected chi connectivity index (χ0v) is 9.76. The molecule has 0 aromatic heterocycles. The number of nitrogens with two attached hydrogens (primary N) is 1. The van der Waals surface area contributed by atoms with E-state index in [1.807, 2.05) is 6.07 Å². The number of halogens is 1. The van der Waals surface area contributed by atoms with Crippen molar-refractivity contribution in [2.24, 2.45) is 11.7 Å². The average molecular weight is 239 g/mol. The Bertz CT molecular complexity index is 402. The molecule has 1 aromatic rings. The van der Waals surface area contributed by atoms with Crippen molar-refractivity contribution in [1.82, 2.24) is 0 Å². The van der Waals surface area contributed by atoms with Crippen LogP contribution in [0.25, 0.3) is 0 Å². The first-order valence-electron chi connectivity index (χ1n) is 5.50. The molecule has 0 aliphatic heterocycles. The van der Waals surface area contributed by atoms with E-state index in [0.29, 0.717) is 10.6 Å². The van der Waals surface area contributed by atoms with Crippen LogP contribution in [0.2, 0.25) is 5.02 Å². The number of hydrogen-bond acceptors (Lipinski definition) is 2. The van der Waals surface area contributed by atoms with Gasteiger partial charge in [0.25, 0.3) is 0 Å². The third kappa shape index (κ3) is 2.47. The van der Waals surface area contributed by atoms with Crippen molar-refractivity contribution >= 4 is 23.2 Å². The summed E-state index contributed by atoms with van der Waals surface area (Å²) < 4.78 is 0. The zero-order valence-electron chi connectivity index (χ0n) is 9.00. The molecule has 0 bridgehead atoms. The average Bonchev–Trinajstić information content (AvgIpc) is 2.14. The quantitative estimate of drug-likeness (QED) is 0.847. The Hall–Kier alpha value is -1.22. The number of carbonyl (C=O) groups is 1. The monoisotopic (exact) mass is 238 g/mol. The van der Waals surface area contributed by atoms with Crippen LogP contribution in [0.5, 0.6) is 0 Å². The Balaban J connectivity index is 1.99. The van der Waals surface area contributed by atoms with Gasteiger partial charge in [-0.3, -0.25) is 4.79 Å². The van der Waals surface area contributed by atoms with Crippen LogP contribution < -0.4 is 11.1 Å². The Morgan fingerprint density at radius 1 is 1.50 bits per heavy atom. The van der Waals surface area contributed by atoms with E-state index in [1.54, 1.807) is 12.1 Å². The van der Waals surface area contributed by atoms with Gasteiger partial charge < -0.3 is 11.1 Å². The van der Waals surface area contributed by atoms with Gasteiger partial charge in [-0.1, -0.05) is 18.0 Å². The smallest absolute Gasteiger partial charge is 0.250 e. The molecule has 1 fully saturated rings. The SMILES string of the molecule is NC(=O)c1ccc(NCC2CCC2)cc1Cl. The molecule has 0 radical (unpaired) electrons. The molecule has 0 saturated heterocycles. The van der Waals surface area contributed by atoms with Gasteiger partial charge in [-0.25, -0.2) is 0 Å². The highest BCUT2D eigenvalue weighted by Gasteiger charge is 2.16. The molecule has 1 aliphatic carbocycles. The molecule has 4 heteroatoms. The van der Waals surface area contributed by atoms with E-state index in [9.17, 15) is 4.79 Å². The fraction of sp³-hybridized carbons (Fsp3) is 0.417. The lowest BCUT2D eigenvalue weighted by Crippen LogP contribution is -2.21. The van der Waals surface area contributed by atoms with Gasteiger partial charge in [0, 0.05) is 12.2 Å². The predicted molar refractivity (Wildman–Crippen MR) is 65.8 cm³/mol. The van der Waals surface area contributed by atoms with Gasteiger partial charge in [0.05, 0.1) is 10.6 Å². The minimum Gasteiger partial charge on any atom is -0.385 e.